The highest BCUT2D eigenvalue weighted by atomic mass is 19.1. The average molecular weight is 326 g/mol. The first-order valence-corrected chi connectivity index (χ1v) is 8.22. The quantitative estimate of drug-likeness (QED) is 0.907. The van der Waals surface area contributed by atoms with E-state index >= 15 is 0 Å². The van der Waals surface area contributed by atoms with E-state index in [4.69, 9.17) is 4.74 Å². The van der Waals surface area contributed by atoms with Gasteiger partial charge in [-0.2, -0.15) is 0 Å². The molecule has 2 aliphatic rings. The number of carbonyl (C=O) groups is 1. The van der Waals surface area contributed by atoms with Crippen LogP contribution in [0.2, 0.25) is 0 Å². The molecule has 1 heterocycles. The summed E-state index contributed by atoms with van der Waals surface area (Å²) in [5.41, 5.74) is 3.08. The lowest BCUT2D eigenvalue weighted by Gasteiger charge is -2.36. The highest BCUT2D eigenvalue weighted by Crippen LogP contribution is 2.37. The van der Waals surface area contributed by atoms with Crippen LogP contribution in [0.15, 0.2) is 42.5 Å². The zero-order valence-corrected chi connectivity index (χ0v) is 13.2. The smallest absolute Gasteiger partial charge is 0.262 e. The van der Waals surface area contributed by atoms with Crippen LogP contribution in [-0.4, -0.2) is 18.6 Å². The molecule has 0 saturated heterocycles. The Morgan fingerprint density at radius 2 is 1.96 bits per heavy atom. The van der Waals surface area contributed by atoms with Crippen molar-refractivity contribution in [2.45, 2.75) is 31.3 Å². The number of halogens is 1. The Morgan fingerprint density at radius 3 is 2.75 bits per heavy atom. The Hall–Kier alpha value is -2.40. The van der Waals surface area contributed by atoms with Gasteiger partial charge in [-0.05, 0) is 54.2 Å². The number of hydrogen-bond donors (Lipinski definition) is 2. The highest BCUT2D eigenvalue weighted by Gasteiger charge is 2.29. The standard InChI is InChI=1S/C19H19FN2O2/c20-15-4-2-13(3-5-15)14-8-16(9-14)21-10-12-1-6-17-18(7-12)24-11-19(23)22-17/h1-7,14,16,21H,8-11H2,(H,22,23). The van der Waals surface area contributed by atoms with Gasteiger partial charge < -0.3 is 15.4 Å². The van der Waals surface area contributed by atoms with E-state index in [1.54, 1.807) is 0 Å². The van der Waals surface area contributed by atoms with Crippen molar-refractivity contribution in [2.75, 3.05) is 11.9 Å². The van der Waals surface area contributed by atoms with Gasteiger partial charge in [-0.3, -0.25) is 4.79 Å². The second kappa shape index (κ2) is 6.24. The van der Waals surface area contributed by atoms with Crippen LogP contribution in [0.25, 0.3) is 0 Å². The molecule has 0 atom stereocenters. The summed E-state index contributed by atoms with van der Waals surface area (Å²) in [6.07, 6.45) is 2.15. The second-order valence-corrected chi connectivity index (χ2v) is 6.47. The van der Waals surface area contributed by atoms with Gasteiger partial charge in [0.25, 0.3) is 5.91 Å². The summed E-state index contributed by atoms with van der Waals surface area (Å²) < 4.78 is 18.4. The number of hydrogen-bond acceptors (Lipinski definition) is 3. The van der Waals surface area contributed by atoms with Crippen LogP contribution in [0.4, 0.5) is 10.1 Å². The summed E-state index contributed by atoms with van der Waals surface area (Å²) >= 11 is 0. The molecule has 24 heavy (non-hydrogen) atoms. The fourth-order valence-corrected chi connectivity index (χ4v) is 3.28. The van der Waals surface area contributed by atoms with Crippen LogP contribution in [0.1, 0.15) is 29.9 Å². The maximum Gasteiger partial charge on any atom is 0.262 e. The number of carbonyl (C=O) groups excluding carboxylic acids is 1. The van der Waals surface area contributed by atoms with Gasteiger partial charge >= 0.3 is 0 Å². The maximum atomic E-state index is 13.0. The third-order valence-corrected chi connectivity index (χ3v) is 4.75. The Kier molecular flexibility index (Phi) is 3.94. The molecular formula is C19H19FN2O2. The van der Waals surface area contributed by atoms with E-state index in [1.807, 2.05) is 30.3 Å². The van der Waals surface area contributed by atoms with Crippen LogP contribution in [0.5, 0.6) is 5.75 Å². The van der Waals surface area contributed by atoms with E-state index in [0.29, 0.717) is 12.0 Å². The normalized spacial score (nSPS) is 22.1. The molecule has 0 spiro atoms. The fraction of sp³-hybridized carbons (Fsp3) is 0.316. The maximum absolute atomic E-state index is 13.0. The molecule has 1 aliphatic carbocycles. The molecule has 0 radical (unpaired) electrons. The van der Waals surface area contributed by atoms with Crippen LogP contribution in [0.3, 0.4) is 0 Å². The van der Waals surface area contributed by atoms with E-state index in [2.05, 4.69) is 10.6 Å². The molecule has 0 aromatic heterocycles. The van der Waals surface area contributed by atoms with Crippen LogP contribution < -0.4 is 15.4 Å². The van der Waals surface area contributed by atoms with Gasteiger partial charge in [-0.15, -0.1) is 0 Å². The predicted molar refractivity (Wildman–Crippen MR) is 89.6 cm³/mol. The van der Waals surface area contributed by atoms with Crippen molar-refractivity contribution < 1.29 is 13.9 Å². The Bertz CT molecular complexity index is 754. The van der Waals surface area contributed by atoms with Crippen LogP contribution >= 0.6 is 0 Å². The fourth-order valence-electron chi connectivity index (χ4n) is 3.28. The average Bonchev–Trinajstić information content (AvgIpc) is 2.55. The van der Waals surface area contributed by atoms with E-state index in [9.17, 15) is 9.18 Å². The minimum absolute atomic E-state index is 0.0753. The zero-order chi connectivity index (χ0) is 16.5. The van der Waals surface area contributed by atoms with Crippen molar-refractivity contribution in [3.63, 3.8) is 0 Å². The molecule has 1 saturated carbocycles. The molecule has 2 aromatic carbocycles. The number of fused-ring (bicyclic) bond motifs is 1. The molecule has 5 heteroatoms. The van der Waals surface area contributed by atoms with Crippen LogP contribution in [0, 0.1) is 5.82 Å². The van der Waals surface area contributed by atoms with Gasteiger partial charge in [-0.25, -0.2) is 4.39 Å². The topological polar surface area (TPSA) is 50.4 Å². The summed E-state index contributed by atoms with van der Waals surface area (Å²) in [5, 5.41) is 6.34. The van der Waals surface area contributed by atoms with E-state index < -0.39 is 0 Å². The molecule has 1 aliphatic heterocycles. The molecule has 0 bridgehead atoms. The van der Waals surface area contributed by atoms with E-state index in [0.717, 1.165) is 36.4 Å². The van der Waals surface area contributed by atoms with Crippen molar-refractivity contribution in [1.29, 1.82) is 0 Å². The largest absolute Gasteiger partial charge is 0.482 e. The molecule has 2 N–H and O–H groups in total. The minimum atomic E-state index is -0.182. The van der Waals surface area contributed by atoms with Gasteiger partial charge in [0, 0.05) is 12.6 Å². The minimum Gasteiger partial charge on any atom is -0.482 e. The highest BCUT2D eigenvalue weighted by molar-refractivity contribution is 5.95. The third kappa shape index (κ3) is 3.12. The lowest BCUT2D eigenvalue weighted by Crippen LogP contribution is -2.39. The monoisotopic (exact) mass is 326 g/mol. The SMILES string of the molecule is O=C1COc2cc(CNC3CC(c4ccc(F)cc4)C3)ccc2N1. The predicted octanol–water partition coefficient (Wildman–Crippen LogP) is 3.19. The Labute approximate surface area is 140 Å². The molecule has 1 amide bonds. The first kappa shape index (κ1) is 15.1. The Morgan fingerprint density at radius 1 is 1.17 bits per heavy atom. The van der Waals surface area contributed by atoms with Crippen molar-refractivity contribution in [3.8, 4) is 5.75 Å². The van der Waals surface area contributed by atoms with Crippen molar-refractivity contribution >= 4 is 11.6 Å². The molecule has 4 nitrogen and oxygen atoms in total. The summed E-state index contributed by atoms with van der Waals surface area (Å²) in [6, 6.07) is 13.2. The molecule has 124 valence electrons. The number of ether oxygens (including phenoxy) is 1. The summed E-state index contributed by atoms with van der Waals surface area (Å²) in [5.74, 6) is 0.949. The number of nitrogens with one attached hydrogen (secondary N) is 2. The summed E-state index contributed by atoms with van der Waals surface area (Å²) in [4.78, 5) is 11.3. The first-order valence-electron chi connectivity index (χ1n) is 8.22. The molecule has 0 unspecified atom stereocenters. The van der Waals surface area contributed by atoms with Crippen molar-refractivity contribution in [1.82, 2.24) is 5.32 Å². The van der Waals surface area contributed by atoms with Gasteiger partial charge in [0.1, 0.15) is 11.6 Å². The van der Waals surface area contributed by atoms with Gasteiger partial charge in [0.05, 0.1) is 5.69 Å². The second-order valence-electron chi connectivity index (χ2n) is 6.47. The Balaban J connectivity index is 1.29. The van der Waals surface area contributed by atoms with E-state index in [-0.39, 0.29) is 18.3 Å². The zero-order valence-electron chi connectivity index (χ0n) is 13.2. The van der Waals surface area contributed by atoms with Gasteiger partial charge in [-0.1, -0.05) is 18.2 Å². The van der Waals surface area contributed by atoms with Gasteiger partial charge in [0.15, 0.2) is 6.61 Å². The summed E-state index contributed by atoms with van der Waals surface area (Å²) in [7, 11) is 0. The molecular weight excluding hydrogens is 307 g/mol. The lowest BCUT2D eigenvalue weighted by molar-refractivity contribution is -0.118. The number of rotatable bonds is 4. The van der Waals surface area contributed by atoms with Gasteiger partial charge in [0.2, 0.25) is 0 Å². The van der Waals surface area contributed by atoms with Crippen molar-refractivity contribution in [3.05, 3.63) is 59.4 Å². The molecule has 1 fully saturated rings. The number of amides is 1. The third-order valence-electron chi connectivity index (χ3n) is 4.75. The van der Waals surface area contributed by atoms with E-state index in [1.165, 1.54) is 17.7 Å². The van der Waals surface area contributed by atoms with Crippen LogP contribution in [-0.2, 0) is 11.3 Å². The lowest BCUT2D eigenvalue weighted by atomic mass is 9.76. The number of anilines is 1. The molecule has 2 aromatic rings. The van der Waals surface area contributed by atoms with Crippen molar-refractivity contribution in [2.24, 2.45) is 0 Å². The first-order chi connectivity index (χ1) is 11.7. The summed E-state index contributed by atoms with van der Waals surface area (Å²) in [6.45, 7) is 0.844. The number of benzene rings is 2. The molecule has 4 rings (SSSR count).